The number of hydrogen-bond acceptors (Lipinski definition) is 2. The quantitative estimate of drug-likeness (QED) is 0.252. The minimum Gasteiger partial charge on any atom is -0.376 e. The van der Waals surface area contributed by atoms with Crippen LogP contribution in [0.5, 0.6) is 0 Å². The van der Waals surface area contributed by atoms with Gasteiger partial charge >= 0.3 is 0 Å². The third-order valence-corrected chi connectivity index (χ3v) is 21.0. The molecule has 0 saturated heterocycles. The average molecular weight is 477 g/mol. The lowest BCUT2D eigenvalue weighted by Gasteiger charge is -2.49. The van der Waals surface area contributed by atoms with Gasteiger partial charge in [0.2, 0.25) is 0 Å². The van der Waals surface area contributed by atoms with Gasteiger partial charge in [-0.1, -0.05) is 97.9 Å². The third kappa shape index (κ3) is 4.11. The van der Waals surface area contributed by atoms with E-state index in [1.807, 2.05) is 11.8 Å². The van der Waals surface area contributed by atoms with Crippen LogP contribution in [-0.2, 0) is 0 Å². The topological polar surface area (TPSA) is 20.2 Å². The van der Waals surface area contributed by atoms with Crippen molar-refractivity contribution in [3.63, 3.8) is 0 Å². The van der Waals surface area contributed by atoms with Crippen LogP contribution in [0.4, 0.5) is 0 Å². The Morgan fingerprint density at radius 2 is 1.61 bits per heavy atom. The molecule has 1 nitrogen and oxygen atoms in total. The van der Waals surface area contributed by atoms with Gasteiger partial charge in [-0.15, -0.1) is 17.3 Å². The first kappa shape index (κ1) is 27.0. The number of aliphatic hydroxyl groups is 1. The van der Waals surface area contributed by atoms with Crippen LogP contribution in [0.25, 0.3) is 0 Å². The maximum Gasteiger partial charge on any atom is 0.140 e. The normalized spacial score (nSPS) is 32.1. The molecule has 4 heteroatoms. The van der Waals surface area contributed by atoms with Crippen molar-refractivity contribution in [1.82, 2.24) is 0 Å². The number of fused-ring (bicyclic) bond motifs is 2. The fourth-order valence-corrected chi connectivity index (χ4v) is 11.0. The number of hydrogen-bond donors (Lipinski definition) is 1. The lowest BCUT2D eigenvalue weighted by molar-refractivity contribution is -0.0608. The average Bonchev–Trinajstić information content (AvgIpc) is 2.68. The molecular weight excluding hydrogens is 429 g/mol. The van der Waals surface area contributed by atoms with E-state index in [9.17, 15) is 5.11 Å². The standard InChI is InChI=1S/C27H48OSSi2/c1-19(2)20-17-21-22(31(13,14)25(6,7)8)23(29-10)26(9,18-20)27(21,28)15-16-30(11,12)24(3,4)5/h20-21,28H,1,17-18H2,2-14H3/t20-,21+,26-,27+/m1/s1. The van der Waals surface area contributed by atoms with E-state index in [-0.39, 0.29) is 21.4 Å². The van der Waals surface area contributed by atoms with Crippen LogP contribution >= 0.6 is 11.8 Å². The smallest absolute Gasteiger partial charge is 0.140 e. The molecule has 2 rings (SSSR count). The van der Waals surface area contributed by atoms with Crippen LogP contribution < -0.4 is 0 Å². The molecule has 1 fully saturated rings. The Morgan fingerprint density at radius 3 is 2.00 bits per heavy atom. The van der Waals surface area contributed by atoms with E-state index < -0.39 is 21.7 Å². The van der Waals surface area contributed by atoms with E-state index in [0.29, 0.717) is 5.92 Å². The zero-order chi connectivity index (χ0) is 24.4. The monoisotopic (exact) mass is 476 g/mol. The van der Waals surface area contributed by atoms with Crippen molar-refractivity contribution < 1.29 is 5.11 Å². The van der Waals surface area contributed by atoms with E-state index in [1.54, 1.807) is 5.20 Å². The molecule has 2 aliphatic carbocycles. The lowest BCUT2D eigenvalue weighted by Crippen LogP contribution is -2.54. The Balaban J connectivity index is 2.80. The summed E-state index contributed by atoms with van der Waals surface area (Å²) < 4.78 is 0. The molecule has 2 aliphatic rings. The molecule has 4 atom stereocenters. The molecule has 31 heavy (non-hydrogen) atoms. The Kier molecular flexibility index (Phi) is 6.91. The van der Waals surface area contributed by atoms with Gasteiger partial charge in [-0.3, -0.25) is 0 Å². The van der Waals surface area contributed by atoms with Gasteiger partial charge < -0.3 is 5.11 Å². The summed E-state index contributed by atoms with van der Waals surface area (Å²) in [6.07, 6.45) is 4.15. The van der Waals surface area contributed by atoms with E-state index in [1.165, 1.54) is 10.5 Å². The van der Waals surface area contributed by atoms with Crippen molar-refractivity contribution in [2.45, 2.75) is 110 Å². The first-order chi connectivity index (χ1) is 13.7. The molecule has 0 radical (unpaired) electrons. The molecule has 0 aliphatic heterocycles. The van der Waals surface area contributed by atoms with Crippen molar-refractivity contribution in [3.8, 4) is 11.5 Å². The summed E-state index contributed by atoms with van der Waals surface area (Å²) >= 11 is 1.88. The highest BCUT2D eigenvalue weighted by Crippen LogP contribution is 2.68. The fraction of sp³-hybridized carbons (Fsp3) is 0.778. The summed E-state index contributed by atoms with van der Waals surface area (Å²) in [5, 5.41) is 14.5. The van der Waals surface area contributed by atoms with E-state index in [4.69, 9.17) is 0 Å². The fourth-order valence-electron chi connectivity index (χ4n) is 5.12. The predicted molar refractivity (Wildman–Crippen MR) is 147 cm³/mol. The lowest BCUT2D eigenvalue weighted by atomic mass is 9.60. The van der Waals surface area contributed by atoms with E-state index in [2.05, 4.69) is 106 Å². The predicted octanol–water partition coefficient (Wildman–Crippen LogP) is 8.06. The Morgan fingerprint density at radius 1 is 1.10 bits per heavy atom. The summed E-state index contributed by atoms with van der Waals surface area (Å²) in [5.74, 6) is 4.20. The van der Waals surface area contributed by atoms with Crippen molar-refractivity contribution in [3.05, 3.63) is 22.3 Å². The minimum atomic E-state index is -1.84. The molecule has 0 aromatic heterocycles. The van der Waals surface area contributed by atoms with Crippen molar-refractivity contribution in [2.75, 3.05) is 6.26 Å². The highest BCUT2D eigenvalue weighted by Gasteiger charge is 2.66. The second-order valence-corrected chi connectivity index (χ2v) is 24.7. The Hall–Kier alpha value is -0.216. The summed E-state index contributed by atoms with van der Waals surface area (Å²) in [4.78, 5) is 1.44. The Labute approximate surface area is 200 Å². The van der Waals surface area contributed by atoms with Crippen molar-refractivity contribution >= 4 is 27.9 Å². The second-order valence-electron chi connectivity index (χ2n) is 13.6. The van der Waals surface area contributed by atoms with Crippen LogP contribution in [0, 0.1) is 28.7 Å². The molecule has 0 aromatic carbocycles. The molecular formula is C27H48OSSi2. The van der Waals surface area contributed by atoms with E-state index in [0.717, 1.165) is 12.8 Å². The Bertz CT molecular complexity index is 843. The molecule has 2 bridgehead atoms. The third-order valence-electron chi connectivity index (χ3n) is 9.50. The second kappa shape index (κ2) is 7.93. The SMILES string of the molecule is C=C(C)[C@@H]1C[C@H]2C([Si](C)(C)C(C)(C)C)=C(SC)[C@@](C)(C1)[C@]2(O)C#C[Si](C)(C)C(C)(C)C. The summed E-state index contributed by atoms with van der Waals surface area (Å²) in [6, 6.07) is 0. The maximum atomic E-state index is 12.5. The van der Waals surface area contributed by atoms with Gasteiger partial charge in [-0.2, -0.15) is 0 Å². The summed E-state index contributed by atoms with van der Waals surface area (Å²) in [5.41, 5.74) is 3.69. The summed E-state index contributed by atoms with van der Waals surface area (Å²) in [7, 11) is -3.67. The number of thioether (sulfide) groups is 1. The van der Waals surface area contributed by atoms with Crippen LogP contribution in [0.15, 0.2) is 22.3 Å². The molecule has 0 aromatic rings. The first-order valence-electron chi connectivity index (χ1n) is 11.9. The van der Waals surface area contributed by atoms with Crippen molar-refractivity contribution in [1.29, 1.82) is 0 Å². The van der Waals surface area contributed by atoms with Crippen LogP contribution in [0.1, 0.15) is 68.2 Å². The largest absolute Gasteiger partial charge is 0.376 e. The maximum absolute atomic E-state index is 12.5. The highest BCUT2D eigenvalue weighted by molar-refractivity contribution is 8.02. The van der Waals surface area contributed by atoms with Gasteiger partial charge in [0.1, 0.15) is 13.7 Å². The first-order valence-corrected chi connectivity index (χ1v) is 19.1. The van der Waals surface area contributed by atoms with Crippen LogP contribution in [-0.4, -0.2) is 33.1 Å². The zero-order valence-electron chi connectivity index (χ0n) is 22.6. The molecule has 1 saturated carbocycles. The molecule has 0 spiro atoms. The van der Waals surface area contributed by atoms with Gasteiger partial charge in [-0.05, 0) is 46.9 Å². The van der Waals surface area contributed by atoms with Gasteiger partial charge in [0.05, 0.1) is 8.07 Å². The van der Waals surface area contributed by atoms with E-state index >= 15 is 0 Å². The summed E-state index contributed by atoms with van der Waals surface area (Å²) in [6.45, 7) is 32.6. The molecule has 0 unspecified atom stereocenters. The molecule has 1 N–H and O–H groups in total. The molecule has 176 valence electrons. The minimum absolute atomic E-state index is 0.119. The molecule has 0 heterocycles. The van der Waals surface area contributed by atoms with Crippen molar-refractivity contribution in [2.24, 2.45) is 17.3 Å². The molecule has 0 amide bonds. The van der Waals surface area contributed by atoms with Crippen LogP contribution in [0.2, 0.25) is 36.3 Å². The van der Waals surface area contributed by atoms with Crippen LogP contribution in [0.3, 0.4) is 0 Å². The highest BCUT2D eigenvalue weighted by atomic mass is 32.2. The number of rotatable bonds is 3. The van der Waals surface area contributed by atoms with Gasteiger partial charge in [0.25, 0.3) is 0 Å². The number of allylic oxidation sites excluding steroid dienone is 1. The van der Waals surface area contributed by atoms with Gasteiger partial charge in [-0.25, -0.2) is 0 Å². The van der Waals surface area contributed by atoms with Gasteiger partial charge in [0, 0.05) is 11.3 Å². The zero-order valence-corrected chi connectivity index (χ0v) is 25.4. The van der Waals surface area contributed by atoms with Gasteiger partial charge in [0.15, 0.2) is 0 Å².